The lowest BCUT2D eigenvalue weighted by atomic mass is 10.0. The minimum absolute atomic E-state index is 0.731. The fourth-order valence-corrected chi connectivity index (χ4v) is 3.11. The molecule has 1 unspecified atom stereocenters. The number of halogens is 2. The zero-order chi connectivity index (χ0) is 12.3. The van der Waals surface area contributed by atoms with Gasteiger partial charge in [0, 0.05) is 22.1 Å². The number of nitrogens with zero attached hydrogens (tertiary/aromatic N) is 1. The van der Waals surface area contributed by atoms with Crippen molar-refractivity contribution in [1.29, 1.82) is 0 Å². The van der Waals surface area contributed by atoms with Gasteiger partial charge in [-0.1, -0.05) is 34.0 Å². The monoisotopic (exact) mass is 315 g/mol. The lowest BCUT2D eigenvalue weighted by Gasteiger charge is -2.33. The van der Waals surface area contributed by atoms with E-state index in [1.165, 1.54) is 31.4 Å². The Labute approximate surface area is 117 Å². The normalized spacial score (nSPS) is 21.7. The minimum atomic E-state index is 0.731. The summed E-state index contributed by atoms with van der Waals surface area (Å²) in [6.07, 6.45) is 5.11. The number of hydrogen-bond donors (Lipinski definition) is 0. The van der Waals surface area contributed by atoms with Crippen molar-refractivity contribution in [1.82, 2.24) is 4.90 Å². The third-order valence-corrected chi connectivity index (χ3v) is 4.48. The van der Waals surface area contributed by atoms with Crippen molar-refractivity contribution in [3.8, 4) is 0 Å². The molecular formula is C14H19BrClN. The summed E-state index contributed by atoms with van der Waals surface area (Å²) in [6, 6.07) is 6.84. The molecule has 0 radical (unpaired) electrons. The summed E-state index contributed by atoms with van der Waals surface area (Å²) in [5.41, 5.74) is 1.25. The largest absolute Gasteiger partial charge is 0.300 e. The van der Waals surface area contributed by atoms with Crippen molar-refractivity contribution in [2.24, 2.45) is 0 Å². The van der Waals surface area contributed by atoms with E-state index in [-0.39, 0.29) is 0 Å². The van der Waals surface area contributed by atoms with Crippen LogP contribution < -0.4 is 0 Å². The van der Waals surface area contributed by atoms with E-state index in [4.69, 9.17) is 11.6 Å². The second kappa shape index (κ2) is 6.21. The molecule has 1 aliphatic rings. The van der Waals surface area contributed by atoms with E-state index in [9.17, 15) is 0 Å². The first-order chi connectivity index (χ1) is 8.16. The zero-order valence-corrected chi connectivity index (χ0v) is 12.6. The minimum Gasteiger partial charge on any atom is -0.300 e. The molecule has 1 aromatic carbocycles. The summed E-state index contributed by atoms with van der Waals surface area (Å²) in [5, 5.41) is 0.887. The van der Waals surface area contributed by atoms with E-state index in [1.807, 2.05) is 12.1 Å². The number of benzene rings is 1. The van der Waals surface area contributed by atoms with Crippen LogP contribution in [0.15, 0.2) is 22.7 Å². The van der Waals surface area contributed by atoms with Crippen LogP contribution in [0.1, 0.15) is 31.7 Å². The topological polar surface area (TPSA) is 3.24 Å². The van der Waals surface area contributed by atoms with Gasteiger partial charge in [-0.3, -0.25) is 0 Å². The van der Waals surface area contributed by atoms with Crippen LogP contribution in [0.5, 0.6) is 0 Å². The Morgan fingerprint density at radius 1 is 1.41 bits per heavy atom. The Hall–Kier alpha value is -0.0500. The second-order valence-corrected chi connectivity index (χ2v) is 6.19. The van der Waals surface area contributed by atoms with Gasteiger partial charge in [-0.2, -0.15) is 0 Å². The Balaban J connectivity index is 1.94. The van der Waals surface area contributed by atoms with Gasteiger partial charge in [-0.15, -0.1) is 0 Å². The maximum absolute atomic E-state index is 6.21. The van der Waals surface area contributed by atoms with Crippen LogP contribution in [0.4, 0.5) is 0 Å². The average molecular weight is 317 g/mol. The molecule has 0 aliphatic carbocycles. The maximum Gasteiger partial charge on any atom is 0.0439 e. The van der Waals surface area contributed by atoms with Crippen molar-refractivity contribution in [3.05, 3.63) is 33.3 Å². The molecule has 2 rings (SSSR count). The molecule has 0 bridgehead atoms. The van der Waals surface area contributed by atoms with Gasteiger partial charge < -0.3 is 4.90 Å². The van der Waals surface area contributed by atoms with Crippen molar-refractivity contribution >= 4 is 27.5 Å². The van der Waals surface area contributed by atoms with Crippen LogP contribution in [0.3, 0.4) is 0 Å². The lowest BCUT2D eigenvalue weighted by Crippen LogP contribution is -2.38. The highest BCUT2D eigenvalue weighted by Gasteiger charge is 2.17. The molecule has 0 amide bonds. The van der Waals surface area contributed by atoms with E-state index >= 15 is 0 Å². The smallest absolute Gasteiger partial charge is 0.0439 e. The molecule has 1 fully saturated rings. The molecule has 1 aromatic rings. The van der Waals surface area contributed by atoms with Gasteiger partial charge in [-0.05, 0) is 56.5 Å². The molecule has 1 atom stereocenters. The van der Waals surface area contributed by atoms with Gasteiger partial charge in [0.2, 0.25) is 0 Å². The predicted molar refractivity (Wildman–Crippen MR) is 77.7 cm³/mol. The molecular weight excluding hydrogens is 298 g/mol. The van der Waals surface area contributed by atoms with Gasteiger partial charge in [-0.25, -0.2) is 0 Å². The Kier molecular flexibility index (Phi) is 4.89. The molecule has 94 valence electrons. The van der Waals surface area contributed by atoms with Gasteiger partial charge >= 0.3 is 0 Å². The number of likely N-dealkylation sites (tertiary alicyclic amines) is 1. The summed E-state index contributed by atoms with van der Waals surface area (Å²) < 4.78 is 1.11. The van der Waals surface area contributed by atoms with E-state index in [0.717, 1.165) is 28.5 Å². The third kappa shape index (κ3) is 3.70. The molecule has 1 aliphatic heterocycles. The van der Waals surface area contributed by atoms with Gasteiger partial charge in [0.15, 0.2) is 0 Å². The van der Waals surface area contributed by atoms with Crippen molar-refractivity contribution in [2.75, 3.05) is 13.1 Å². The van der Waals surface area contributed by atoms with Crippen molar-refractivity contribution in [2.45, 2.75) is 38.6 Å². The number of rotatable bonds is 3. The summed E-state index contributed by atoms with van der Waals surface area (Å²) in [7, 11) is 0. The Morgan fingerprint density at radius 2 is 2.24 bits per heavy atom. The first kappa shape index (κ1) is 13.4. The fraction of sp³-hybridized carbons (Fsp3) is 0.571. The summed E-state index contributed by atoms with van der Waals surface area (Å²) in [6.45, 7) is 4.70. The van der Waals surface area contributed by atoms with Gasteiger partial charge in [0.1, 0.15) is 0 Å². The van der Waals surface area contributed by atoms with E-state index in [2.05, 4.69) is 33.8 Å². The van der Waals surface area contributed by atoms with Crippen molar-refractivity contribution in [3.63, 3.8) is 0 Å². The van der Waals surface area contributed by atoms with Crippen LogP contribution in [-0.2, 0) is 6.42 Å². The predicted octanol–water partition coefficient (Wildman–Crippen LogP) is 4.52. The second-order valence-electron chi connectivity index (χ2n) is 4.87. The number of piperidine rings is 1. The van der Waals surface area contributed by atoms with Crippen LogP contribution in [0, 0.1) is 0 Å². The molecule has 1 nitrogen and oxygen atoms in total. The molecule has 0 saturated carbocycles. The highest BCUT2D eigenvalue weighted by molar-refractivity contribution is 9.10. The van der Waals surface area contributed by atoms with Crippen molar-refractivity contribution < 1.29 is 0 Å². The average Bonchev–Trinajstić information content (AvgIpc) is 2.32. The third-order valence-electron chi connectivity index (χ3n) is 3.62. The summed E-state index contributed by atoms with van der Waals surface area (Å²) in [5.74, 6) is 0. The summed E-state index contributed by atoms with van der Waals surface area (Å²) >= 11 is 9.71. The van der Waals surface area contributed by atoms with Crippen LogP contribution >= 0.6 is 27.5 Å². The molecule has 0 aromatic heterocycles. The van der Waals surface area contributed by atoms with E-state index in [1.54, 1.807) is 0 Å². The quantitative estimate of drug-likeness (QED) is 0.792. The number of hydrogen-bond acceptors (Lipinski definition) is 1. The van der Waals surface area contributed by atoms with E-state index in [0.29, 0.717) is 0 Å². The SMILES string of the molecule is CC1CCCCN1CCc1cc(Br)ccc1Cl. The summed E-state index contributed by atoms with van der Waals surface area (Å²) in [4.78, 5) is 2.58. The molecule has 0 spiro atoms. The standard InChI is InChI=1S/C14H19BrClN/c1-11-4-2-3-8-17(11)9-7-12-10-13(15)5-6-14(12)16/h5-6,10-11H,2-4,7-9H2,1H3. The van der Waals surface area contributed by atoms with Crippen LogP contribution in [-0.4, -0.2) is 24.0 Å². The maximum atomic E-state index is 6.21. The van der Waals surface area contributed by atoms with E-state index < -0.39 is 0 Å². The fourth-order valence-electron chi connectivity index (χ4n) is 2.49. The first-order valence-electron chi connectivity index (χ1n) is 6.35. The zero-order valence-electron chi connectivity index (χ0n) is 10.3. The molecule has 17 heavy (non-hydrogen) atoms. The Bertz CT molecular complexity index is 380. The first-order valence-corrected chi connectivity index (χ1v) is 7.52. The molecule has 0 N–H and O–H groups in total. The molecule has 3 heteroatoms. The highest BCUT2D eigenvalue weighted by atomic mass is 79.9. The molecule has 1 heterocycles. The van der Waals surface area contributed by atoms with Gasteiger partial charge in [0.25, 0.3) is 0 Å². The van der Waals surface area contributed by atoms with Crippen LogP contribution in [0.25, 0.3) is 0 Å². The molecule has 1 saturated heterocycles. The highest BCUT2D eigenvalue weighted by Crippen LogP contribution is 2.23. The lowest BCUT2D eigenvalue weighted by molar-refractivity contribution is 0.163. The van der Waals surface area contributed by atoms with Crippen LogP contribution in [0.2, 0.25) is 5.02 Å². The Morgan fingerprint density at radius 3 is 3.00 bits per heavy atom. The van der Waals surface area contributed by atoms with Gasteiger partial charge in [0.05, 0.1) is 0 Å².